The minimum atomic E-state index is -4.40. The first-order chi connectivity index (χ1) is 12.6. The van der Waals surface area contributed by atoms with Crippen molar-refractivity contribution < 1.29 is 18.0 Å². The number of rotatable bonds is 5. The fourth-order valence-corrected chi connectivity index (χ4v) is 3.49. The van der Waals surface area contributed by atoms with E-state index in [0.717, 1.165) is 24.9 Å². The molecule has 0 radical (unpaired) electrons. The van der Waals surface area contributed by atoms with Crippen molar-refractivity contribution in [3.05, 3.63) is 41.2 Å². The molecule has 3 heterocycles. The zero-order valence-electron chi connectivity index (χ0n) is 15.7. The number of H-pyrrole nitrogens is 1. The summed E-state index contributed by atoms with van der Waals surface area (Å²) in [6.07, 6.45) is -1.91. The van der Waals surface area contributed by atoms with Gasteiger partial charge in [-0.05, 0) is 31.5 Å². The second-order valence-corrected chi connectivity index (χ2v) is 7.39. The Morgan fingerprint density at radius 1 is 1.33 bits per heavy atom. The van der Waals surface area contributed by atoms with Crippen LogP contribution in [0.3, 0.4) is 0 Å². The van der Waals surface area contributed by atoms with Gasteiger partial charge in [-0.1, -0.05) is 0 Å². The van der Waals surface area contributed by atoms with Crippen molar-refractivity contribution in [2.45, 2.75) is 32.1 Å². The minimum absolute atomic E-state index is 0.0794. The molecule has 1 atom stereocenters. The SMILES string of the molecule is CN(Cc1ccc(C(=O)N(C)C)[nH]1)C[C@H]1CCc2nc(C(F)(F)F)cn2C1. The topological polar surface area (TPSA) is 57.2 Å². The van der Waals surface area contributed by atoms with E-state index in [9.17, 15) is 18.0 Å². The number of carbonyl (C=O) groups is 1. The molecule has 0 bridgehead atoms. The van der Waals surface area contributed by atoms with Gasteiger partial charge >= 0.3 is 6.18 Å². The van der Waals surface area contributed by atoms with Crippen LogP contribution in [0.25, 0.3) is 0 Å². The summed E-state index contributed by atoms with van der Waals surface area (Å²) in [4.78, 5) is 22.4. The maximum absolute atomic E-state index is 12.8. The highest BCUT2D eigenvalue weighted by molar-refractivity contribution is 5.92. The van der Waals surface area contributed by atoms with Crippen molar-refractivity contribution in [2.75, 3.05) is 27.7 Å². The van der Waals surface area contributed by atoms with Crippen molar-refractivity contribution in [3.8, 4) is 0 Å². The molecule has 0 fully saturated rings. The average Bonchev–Trinajstić information content (AvgIpc) is 3.19. The van der Waals surface area contributed by atoms with Crippen LogP contribution in [0.4, 0.5) is 13.2 Å². The highest BCUT2D eigenvalue weighted by Gasteiger charge is 2.35. The van der Waals surface area contributed by atoms with Crippen LogP contribution in [0.5, 0.6) is 0 Å². The van der Waals surface area contributed by atoms with E-state index in [1.165, 1.54) is 4.90 Å². The third-order valence-electron chi connectivity index (χ3n) is 4.77. The van der Waals surface area contributed by atoms with Gasteiger partial charge in [-0.3, -0.25) is 4.79 Å². The molecule has 2 aromatic heterocycles. The van der Waals surface area contributed by atoms with E-state index >= 15 is 0 Å². The second kappa shape index (κ2) is 7.38. The number of amides is 1. The van der Waals surface area contributed by atoms with E-state index in [4.69, 9.17) is 0 Å². The molecule has 9 heteroatoms. The Morgan fingerprint density at radius 2 is 2.07 bits per heavy atom. The number of aryl methyl sites for hydroxylation is 1. The zero-order valence-corrected chi connectivity index (χ0v) is 15.7. The third-order valence-corrected chi connectivity index (χ3v) is 4.77. The Labute approximate surface area is 156 Å². The standard InChI is InChI=1S/C18H24F3N5O/c1-24(2)17(27)14-6-5-13(22-14)10-25(3)8-12-4-7-16-23-15(18(19,20)21)11-26(16)9-12/h5-6,11-12,22H,4,7-10H2,1-3H3/t12-/m1/s1. The molecule has 2 aromatic rings. The first-order valence-corrected chi connectivity index (χ1v) is 8.85. The molecule has 0 saturated carbocycles. The molecule has 148 valence electrons. The number of imidazole rings is 1. The van der Waals surface area contributed by atoms with E-state index in [2.05, 4.69) is 14.9 Å². The summed E-state index contributed by atoms with van der Waals surface area (Å²) in [6, 6.07) is 3.65. The lowest BCUT2D eigenvalue weighted by Crippen LogP contribution is -2.31. The predicted octanol–water partition coefficient (Wildman–Crippen LogP) is 2.63. The lowest BCUT2D eigenvalue weighted by molar-refractivity contribution is -0.141. The van der Waals surface area contributed by atoms with Crippen molar-refractivity contribution in [3.63, 3.8) is 0 Å². The van der Waals surface area contributed by atoms with Crippen molar-refractivity contribution >= 4 is 5.91 Å². The number of halogens is 3. The summed E-state index contributed by atoms with van der Waals surface area (Å²) in [6.45, 7) is 1.94. The average molecular weight is 383 g/mol. The third kappa shape index (κ3) is 4.52. The number of nitrogens with zero attached hydrogens (tertiary/aromatic N) is 4. The van der Waals surface area contributed by atoms with Gasteiger partial charge in [-0.25, -0.2) is 4.98 Å². The molecular formula is C18H24F3N5O. The number of hydrogen-bond acceptors (Lipinski definition) is 3. The highest BCUT2D eigenvalue weighted by Crippen LogP contribution is 2.30. The fraction of sp³-hybridized carbons (Fsp3) is 0.556. The number of nitrogens with one attached hydrogen (secondary N) is 1. The largest absolute Gasteiger partial charge is 0.434 e. The van der Waals surface area contributed by atoms with Gasteiger partial charge in [0.25, 0.3) is 5.91 Å². The Bertz CT molecular complexity index is 808. The minimum Gasteiger partial charge on any atom is -0.353 e. The summed E-state index contributed by atoms with van der Waals surface area (Å²) < 4.78 is 40.1. The summed E-state index contributed by atoms with van der Waals surface area (Å²) in [7, 11) is 5.37. The number of aromatic nitrogens is 3. The molecule has 0 unspecified atom stereocenters. The Morgan fingerprint density at radius 3 is 2.74 bits per heavy atom. The maximum Gasteiger partial charge on any atom is 0.434 e. The van der Waals surface area contributed by atoms with Crippen LogP contribution >= 0.6 is 0 Å². The highest BCUT2D eigenvalue weighted by atomic mass is 19.4. The zero-order chi connectivity index (χ0) is 19.8. The van der Waals surface area contributed by atoms with Crippen LogP contribution in [0, 0.1) is 5.92 Å². The molecule has 1 aliphatic rings. The van der Waals surface area contributed by atoms with E-state index in [-0.39, 0.29) is 11.8 Å². The van der Waals surface area contributed by atoms with Gasteiger partial charge in [0.1, 0.15) is 11.5 Å². The van der Waals surface area contributed by atoms with Gasteiger partial charge in [-0.2, -0.15) is 13.2 Å². The Balaban J connectivity index is 1.57. The molecule has 27 heavy (non-hydrogen) atoms. The van der Waals surface area contributed by atoms with E-state index in [1.807, 2.05) is 13.1 Å². The fourth-order valence-electron chi connectivity index (χ4n) is 3.49. The molecule has 1 N–H and O–H groups in total. The lowest BCUT2D eigenvalue weighted by atomic mass is 9.99. The number of fused-ring (bicyclic) bond motifs is 1. The second-order valence-electron chi connectivity index (χ2n) is 7.39. The molecule has 6 nitrogen and oxygen atoms in total. The number of hydrogen-bond donors (Lipinski definition) is 1. The van der Waals surface area contributed by atoms with Crippen LogP contribution < -0.4 is 0 Å². The molecule has 1 amide bonds. The Hall–Kier alpha value is -2.29. The maximum atomic E-state index is 12.8. The molecule has 0 saturated heterocycles. The normalized spacial score (nSPS) is 17.2. The van der Waals surface area contributed by atoms with Gasteiger partial charge in [0.05, 0.1) is 0 Å². The summed E-state index contributed by atoms with van der Waals surface area (Å²) >= 11 is 0. The van der Waals surface area contributed by atoms with Crippen molar-refractivity contribution in [1.29, 1.82) is 0 Å². The summed E-state index contributed by atoms with van der Waals surface area (Å²) in [5, 5.41) is 0. The van der Waals surface area contributed by atoms with Gasteiger partial charge in [0.2, 0.25) is 0 Å². The van der Waals surface area contributed by atoms with E-state index < -0.39 is 11.9 Å². The molecule has 1 aliphatic heterocycles. The van der Waals surface area contributed by atoms with Gasteiger partial charge < -0.3 is 19.4 Å². The van der Waals surface area contributed by atoms with Crippen molar-refractivity contribution in [2.24, 2.45) is 5.92 Å². The number of alkyl halides is 3. The first kappa shape index (κ1) is 19.5. The molecule has 0 aliphatic carbocycles. The van der Waals surface area contributed by atoms with Gasteiger partial charge in [0, 0.05) is 52.0 Å². The molecule has 3 rings (SSSR count). The van der Waals surface area contributed by atoms with Crippen molar-refractivity contribution in [1.82, 2.24) is 24.3 Å². The van der Waals surface area contributed by atoms with E-state index in [0.29, 0.717) is 31.0 Å². The molecule has 0 aromatic carbocycles. The van der Waals surface area contributed by atoms with E-state index in [1.54, 1.807) is 24.7 Å². The smallest absolute Gasteiger partial charge is 0.353 e. The predicted molar refractivity (Wildman–Crippen MR) is 94.2 cm³/mol. The number of aromatic amines is 1. The monoisotopic (exact) mass is 383 g/mol. The van der Waals surface area contributed by atoms with Crippen LogP contribution in [0.15, 0.2) is 18.3 Å². The number of carbonyl (C=O) groups excluding carboxylic acids is 1. The first-order valence-electron chi connectivity index (χ1n) is 8.85. The van der Waals surface area contributed by atoms with Gasteiger partial charge in [-0.15, -0.1) is 0 Å². The van der Waals surface area contributed by atoms with Gasteiger partial charge in [0.15, 0.2) is 5.69 Å². The quantitative estimate of drug-likeness (QED) is 0.864. The summed E-state index contributed by atoms with van der Waals surface area (Å²) in [5.41, 5.74) is 0.668. The lowest BCUT2D eigenvalue weighted by Gasteiger charge is -2.27. The van der Waals surface area contributed by atoms with Crippen LogP contribution in [-0.4, -0.2) is 57.9 Å². The molecule has 0 spiro atoms. The molecular weight excluding hydrogens is 359 g/mol. The summed E-state index contributed by atoms with van der Waals surface area (Å²) in [5.74, 6) is 0.692. The van der Waals surface area contributed by atoms with Crippen LogP contribution in [0.1, 0.15) is 34.1 Å². The van der Waals surface area contributed by atoms with Crippen LogP contribution in [0.2, 0.25) is 0 Å². The van der Waals surface area contributed by atoms with Crippen LogP contribution in [-0.2, 0) is 25.7 Å². The Kier molecular flexibility index (Phi) is 5.32.